The number of carbonyl (C=O) groups excluding carboxylic acids is 3. The van der Waals surface area contributed by atoms with Gasteiger partial charge >= 0.3 is 17.9 Å². The summed E-state index contributed by atoms with van der Waals surface area (Å²) in [7, 11) is 0. The van der Waals surface area contributed by atoms with Gasteiger partial charge in [-0.05, 0) is 19.3 Å². The molecule has 0 fully saturated rings. The third-order valence-electron chi connectivity index (χ3n) is 16.9. The Morgan fingerprint density at radius 1 is 0.205 bits per heavy atom. The van der Waals surface area contributed by atoms with Crippen LogP contribution in [0.5, 0.6) is 0 Å². The SMILES string of the molecule is CCCCCCCCCCCCCCCCCCCCCCCCCCCCCCCCCCCCC(=O)OCC(COC(=O)CCCCCCCCCCCCC)OC(=O)CCCCCCCCCCCCCCCCC. The van der Waals surface area contributed by atoms with Crippen molar-refractivity contribution in [3.05, 3.63) is 0 Å². The lowest BCUT2D eigenvalue weighted by atomic mass is 10.0. The summed E-state index contributed by atoms with van der Waals surface area (Å²) in [6.45, 7) is 6.72. The van der Waals surface area contributed by atoms with Gasteiger partial charge in [-0.3, -0.25) is 14.4 Å². The highest BCUT2D eigenvalue weighted by molar-refractivity contribution is 5.71. The number of unbranched alkanes of at least 4 members (excludes halogenated alkanes) is 57. The van der Waals surface area contributed by atoms with Crippen LogP contribution >= 0.6 is 0 Å². The normalized spacial score (nSPS) is 11.9. The average molecular weight is 1100 g/mol. The van der Waals surface area contributed by atoms with Crippen molar-refractivity contribution in [2.45, 2.75) is 431 Å². The van der Waals surface area contributed by atoms with Crippen LogP contribution in [0.1, 0.15) is 425 Å². The molecule has 0 saturated heterocycles. The smallest absolute Gasteiger partial charge is 0.306 e. The molecule has 0 rings (SSSR count). The van der Waals surface area contributed by atoms with Crippen molar-refractivity contribution in [2.24, 2.45) is 0 Å². The monoisotopic (exact) mass is 1100 g/mol. The van der Waals surface area contributed by atoms with Gasteiger partial charge in [0.1, 0.15) is 13.2 Å². The molecular weight excluding hydrogens is 961 g/mol. The molecule has 0 spiro atoms. The van der Waals surface area contributed by atoms with Gasteiger partial charge in [0.25, 0.3) is 0 Å². The highest BCUT2D eigenvalue weighted by Crippen LogP contribution is 2.20. The Hall–Kier alpha value is -1.59. The average Bonchev–Trinajstić information content (AvgIpc) is 3.44. The molecular formula is C72H140O6. The van der Waals surface area contributed by atoms with Crippen LogP contribution in [0.15, 0.2) is 0 Å². The third kappa shape index (κ3) is 65.2. The molecule has 6 heteroatoms. The van der Waals surface area contributed by atoms with E-state index in [1.807, 2.05) is 0 Å². The van der Waals surface area contributed by atoms with Crippen LogP contribution in [0.3, 0.4) is 0 Å². The van der Waals surface area contributed by atoms with Crippen molar-refractivity contribution in [3.63, 3.8) is 0 Å². The zero-order valence-corrected chi connectivity index (χ0v) is 53.5. The fourth-order valence-electron chi connectivity index (χ4n) is 11.5. The summed E-state index contributed by atoms with van der Waals surface area (Å²) in [6, 6.07) is 0. The lowest BCUT2D eigenvalue weighted by Gasteiger charge is -2.18. The van der Waals surface area contributed by atoms with E-state index in [0.717, 1.165) is 57.8 Å². The van der Waals surface area contributed by atoms with Crippen LogP contribution in [-0.2, 0) is 28.6 Å². The number of ether oxygens (including phenoxy) is 3. The van der Waals surface area contributed by atoms with E-state index in [4.69, 9.17) is 14.2 Å². The molecule has 0 radical (unpaired) electrons. The number of hydrogen-bond donors (Lipinski definition) is 0. The Morgan fingerprint density at radius 3 is 0.513 bits per heavy atom. The second kappa shape index (κ2) is 67.9. The van der Waals surface area contributed by atoms with Gasteiger partial charge in [-0.1, -0.05) is 387 Å². The Morgan fingerprint density at radius 2 is 0.346 bits per heavy atom. The number of rotatable bonds is 68. The van der Waals surface area contributed by atoms with E-state index < -0.39 is 6.10 Å². The molecule has 0 aromatic heterocycles. The van der Waals surface area contributed by atoms with Gasteiger partial charge in [0, 0.05) is 19.3 Å². The Bertz CT molecular complexity index is 1170. The molecule has 0 aliphatic heterocycles. The molecule has 1 unspecified atom stereocenters. The highest BCUT2D eigenvalue weighted by Gasteiger charge is 2.20. The maximum Gasteiger partial charge on any atom is 0.306 e. The second-order valence-electron chi connectivity index (χ2n) is 24.9. The Balaban J connectivity index is 3.98. The molecule has 464 valence electrons. The van der Waals surface area contributed by atoms with Crippen LogP contribution in [0, 0.1) is 0 Å². The summed E-state index contributed by atoms with van der Waals surface area (Å²) in [5.41, 5.74) is 0. The van der Waals surface area contributed by atoms with E-state index in [9.17, 15) is 14.4 Å². The molecule has 0 saturated carbocycles. The topological polar surface area (TPSA) is 78.9 Å². The van der Waals surface area contributed by atoms with Crippen molar-refractivity contribution >= 4 is 17.9 Å². The lowest BCUT2D eigenvalue weighted by molar-refractivity contribution is -0.167. The van der Waals surface area contributed by atoms with Gasteiger partial charge in [0.2, 0.25) is 0 Å². The van der Waals surface area contributed by atoms with Gasteiger partial charge < -0.3 is 14.2 Å². The summed E-state index contributed by atoms with van der Waals surface area (Å²) in [6.07, 6.45) is 80.2. The zero-order valence-electron chi connectivity index (χ0n) is 53.5. The first kappa shape index (κ1) is 76.4. The summed E-state index contributed by atoms with van der Waals surface area (Å²) in [5.74, 6) is -0.826. The molecule has 0 bridgehead atoms. The minimum absolute atomic E-state index is 0.0607. The largest absolute Gasteiger partial charge is 0.462 e. The van der Waals surface area contributed by atoms with E-state index in [-0.39, 0.29) is 31.1 Å². The molecule has 0 N–H and O–H groups in total. The molecule has 0 amide bonds. The molecule has 0 aliphatic carbocycles. The van der Waals surface area contributed by atoms with Crippen LogP contribution in [0.4, 0.5) is 0 Å². The molecule has 0 aromatic carbocycles. The predicted octanol–water partition coefficient (Wildman–Crippen LogP) is 24.6. The predicted molar refractivity (Wildman–Crippen MR) is 340 cm³/mol. The van der Waals surface area contributed by atoms with E-state index >= 15 is 0 Å². The van der Waals surface area contributed by atoms with E-state index in [2.05, 4.69) is 20.8 Å². The number of carbonyl (C=O) groups is 3. The van der Waals surface area contributed by atoms with Gasteiger partial charge in [-0.25, -0.2) is 0 Å². The molecule has 0 aromatic rings. The van der Waals surface area contributed by atoms with Crippen molar-refractivity contribution in [3.8, 4) is 0 Å². The Labute approximate surface area is 488 Å². The van der Waals surface area contributed by atoms with E-state index in [0.29, 0.717) is 19.3 Å². The maximum atomic E-state index is 12.9. The first-order chi connectivity index (χ1) is 38.5. The minimum Gasteiger partial charge on any atom is -0.462 e. The molecule has 0 heterocycles. The summed E-state index contributed by atoms with van der Waals surface area (Å²) >= 11 is 0. The number of esters is 3. The Kier molecular flexibility index (Phi) is 66.5. The van der Waals surface area contributed by atoms with Crippen LogP contribution in [-0.4, -0.2) is 37.2 Å². The highest BCUT2D eigenvalue weighted by atomic mass is 16.6. The van der Waals surface area contributed by atoms with Crippen LogP contribution in [0.2, 0.25) is 0 Å². The number of hydrogen-bond acceptors (Lipinski definition) is 6. The quantitative estimate of drug-likeness (QED) is 0.0343. The molecule has 78 heavy (non-hydrogen) atoms. The fourth-order valence-corrected chi connectivity index (χ4v) is 11.5. The van der Waals surface area contributed by atoms with Gasteiger partial charge in [0.15, 0.2) is 6.10 Å². The van der Waals surface area contributed by atoms with Gasteiger partial charge in [-0.15, -0.1) is 0 Å². The first-order valence-electron chi connectivity index (χ1n) is 36.0. The van der Waals surface area contributed by atoms with Crippen molar-refractivity contribution < 1.29 is 28.6 Å². The summed E-state index contributed by atoms with van der Waals surface area (Å²) in [5, 5.41) is 0. The third-order valence-corrected chi connectivity index (χ3v) is 16.9. The molecule has 0 aliphatic rings. The summed E-state index contributed by atoms with van der Waals surface area (Å²) < 4.78 is 16.9. The fraction of sp³-hybridized carbons (Fsp3) is 0.958. The zero-order chi connectivity index (χ0) is 56.4. The van der Waals surface area contributed by atoms with Gasteiger partial charge in [0.05, 0.1) is 0 Å². The first-order valence-corrected chi connectivity index (χ1v) is 36.0. The lowest BCUT2D eigenvalue weighted by Crippen LogP contribution is -2.30. The standard InChI is InChI=1S/C72H140O6/c1-4-7-10-13-16-19-22-24-26-27-28-29-30-31-32-33-34-35-36-37-38-39-40-41-42-43-44-46-47-50-53-56-59-62-65-71(74)77-68-69(67-76-70(73)64-61-58-55-52-49-21-18-15-12-9-6-3)78-72(75)66-63-60-57-54-51-48-45-25-23-20-17-14-11-8-5-2/h69H,4-68H2,1-3H3. The maximum absolute atomic E-state index is 12.9. The van der Waals surface area contributed by atoms with Crippen molar-refractivity contribution in [1.29, 1.82) is 0 Å². The minimum atomic E-state index is -0.762. The van der Waals surface area contributed by atoms with Gasteiger partial charge in [-0.2, -0.15) is 0 Å². The van der Waals surface area contributed by atoms with E-state index in [1.165, 1.54) is 327 Å². The van der Waals surface area contributed by atoms with E-state index in [1.54, 1.807) is 0 Å². The van der Waals surface area contributed by atoms with Crippen LogP contribution in [0.25, 0.3) is 0 Å². The van der Waals surface area contributed by atoms with Crippen molar-refractivity contribution in [1.82, 2.24) is 0 Å². The molecule has 6 nitrogen and oxygen atoms in total. The molecule has 1 atom stereocenters. The van der Waals surface area contributed by atoms with Crippen LogP contribution < -0.4 is 0 Å². The summed E-state index contributed by atoms with van der Waals surface area (Å²) in [4.78, 5) is 38.3. The van der Waals surface area contributed by atoms with Crippen molar-refractivity contribution in [2.75, 3.05) is 13.2 Å². The second-order valence-corrected chi connectivity index (χ2v) is 24.9.